The molecule has 2 aromatic carbocycles. The summed E-state index contributed by atoms with van der Waals surface area (Å²) in [5.74, 6) is -0.100. The lowest BCUT2D eigenvalue weighted by Gasteiger charge is -2.39. The number of aryl methyl sites for hydroxylation is 1. The van der Waals surface area contributed by atoms with Crippen LogP contribution in [0.3, 0.4) is 0 Å². The average Bonchev–Trinajstić information content (AvgIpc) is 3.11. The first-order valence-electron chi connectivity index (χ1n) is 8.50. The maximum Gasteiger partial charge on any atom is 0.247 e. The van der Waals surface area contributed by atoms with Gasteiger partial charge in [-0.05, 0) is 18.1 Å². The number of benzene rings is 2. The van der Waals surface area contributed by atoms with E-state index >= 15 is 0 Å². The second-order valence-corrected chi connectivity index (χ2v) is 7.25. The fourth-order valence-electron chi connectivity index (χ4n) is 3.27. The summed E-state index contributed by atoms with van der Waals surface area (Å²) in [4.78, 5) is 18.8. The maximum atomic E-state index is 12.0. The minimum absolute atomic E-state index is 0.0266. The molecule has 0 bridgehead atoms. The molecule has 1 aliphatic rings. The molecule has 0 radical (unpaired) electrons. The van der Waals surface area contributed by atoms with E-state index in [2.05, 4.69) is 39.5 Å². The maximum absolute atomic E-state index is 12.0. The van der Waals surface area contributed by atoms with Crippen LogP contribution in [0.1, 0.15) is 34.0 Å². The molecule has 130 valence electrons. The van der Waals surface area contributed by atoms with Crippen LogP contribution in [0.4, 0.5) is 0 Å². The van der Waals surface area contributed by atoms with E-state index in [1.807, 2.05) is 54.9 Å². The Morgan fingerprint density at radius 3 is 2.19 bits per heavy atom. The molecule has 0 saturated heterocycles. The third-order valence-electron chi connectivity index (χ3n) is 4.42. The van der Waals surface area contributed by atoms with Gasteiger partial charge in [0.05, 0.1) is 16.7 Å². The largest absolute Gasteiger partial charge is 0.341 e. The van der Waals surface area contributed by atoms with E-state index < -0.39 is 0 Å². The normalized spacial score (nSPS) is 16.8. The van der Waals surface area contributed by atoms with Crippen molar-refractivity contribution in [2.24, 2.45) is 0 Å². The monoisotopic (exact) mass is 361 g/mol. The van der Waals surface area contributed by atoms with E-state index in [9.17, 15) is 4.79 Å². The Hall–Kier alpha value is -2.92. The van der Waals surface area contributed by atoms with Crippen molar-refractivity contribution in [1.29, 1.82) is 0 Å². The number of carbonyl (C=O) groups is 1. The topological polar surface area (TPSA) is 45.2 Å². The fourth-order valence-corrected chi connectivity index (χ4v) is 3.90. The van der Waals surface area contributed by atoms with Crippen LogP contribution in [-0.2, 0) is 4.79 Å². The molecular formula is C21H19N3OS. The molecule has 1 N–H and O–H groups in total. The van der Waals surface area contributed by atoms with Gasteiger partial charge in [-0.1, -0.05) is 60.7 Å². The molecule has 26 heavy (non-hydrogen) atoms. The van der Waals surface area contributed by atoms with Gasteiger partial charge < -0.3 is 10.2 Å². The van der Waals surface area contributed by atoms with Gasteiger partial charge in [0.25, 0.3) is 0 Å². The van der Waals surface area contributed by atoms with Crippen molar-refractivity contribution < 1.29 is 4.79 Å². The van der Waals surface area contributed by atoms with Crippen LogP contribution >= 0.6 is 11.3 Å². The number of hydrogen-bond acceptors (Lipinski definition) is 4. The van der Waals surface area contributed by atoms with E-state index in [1.54, 1.807) is 17.4 Å². The third kappa shape index (κ3) is 3.26. The Morgan fingerprint density at radius 1 is 1.04 bits per heavy atom. The van der Waals surface area contributed by atoms with Crippen molar-refractivity contribution in [3.05, 3.63) is 100 Å². The zero-order chi connectivity index (χ0) is 17.9. The minimum Gasteiger partial charge on any atom is -0.341 e. The Balaban J connectivity index is 1.82. The Morgan fingerprint density at radius 2 is 1.65 bits per heavy atom. The number of nitrogens with zero attached hydrogens (tertiary/aromatic N) is 2. The van der Waals surface area contributed by atoms with Crippen LogP contribution in [0.5, 0.6) is 0 Å². The van der Waals surface area contributed by atoms with Crippen molar-refractivity contribution in [2.45, 2.75) is 19.1 Å². The first kappa shape index (κ1) is 16.5. The van der Waals surface area contributed by atoms with E-state index in [0.717, 1.165) is 21.8 Å². The lowest BCUT2D eigenvalue weighted by atomic mass is 9.96. The molecule has 0 fully saturated rings. The van der Waals surface area contributed by atoms with E-state index in [-0.39, 0.29) is 18.1 Å². The van der Waals surface area contributed by atoms with Gasteiger partial charge in [-0.3, -0.25) is 4.79 Å². The number of nitrogens with one attached hydrogen (secondary N) is 1. The lowest BCUT2D eigenvalue weighted by molar-refractivity contribution is -0.119. The quantitative estimate of drug-likeness (QED) is 0.758. The highest BCUT2D eigenvalue weighted by Gasteiger charge is 2.32. The molecule has 5 heteroatoms. The minimum atomic E-state index is -0.303. The zero-order valence-electron chi connectivity index (χ0n) is 14.4. The van der Waals surface area contributed by atoms with Crippen molar-refractivity contribution in [1.82, 2.24) is 15.2 Å². The second-order valence-electron chi connectivity index (χ2n) is 6.19. The number of rotatable bonds is 4. The van der Waals surface area contributed by atoms with Crippen LogP contribution in [0.25, 0.3) is 0 Å². The molecule has 1 aliphatic heterocycles. The average molecular weight is 361 g/mol. The Labute approximate surface area is 156 Å². The highest BCUT2D eigenvalue weighted by atomic mass is 32.1. The molecule has 4 nitrogen and oxygen atoms in total. The van der Waals surface area contributed by atoms with E-state index in [0.29, 0.717) is 0 Å². The second kappa shape index (κ2) is 7.14. The molecule has 0 spiro atoms. The summed E-state index contributed by atoms with van der Waals surface area (Å²) >= 11 is 1.59. The molecule has 3 aromatic rings. The summed E-state index contributed by atoms with van der Waals surface area (Å²) in [7, 11) is 0. The van der Waals surface area contributed by atoms with Crippen LogP contribution in [0.2, 0.25) is 0 Å². The molecule has 1 amide bonds. The number of thiazole rings is 1. The predicted molar refractivity (Wildman–Crippen MR) is 103 cm³/mol. The summed E-state index contributed by atoms with van der Waals surface area (Å²) in [6, 6.07) is 20.6. The summed E-state index contributed by atoms with van der Waals surface area (Å²) < 4.78 is 0. The van der Waals surface area contributed by atoms with Gasteiger partial charge in [-0.15, -0.1) is 11.3 Å². The van der Waals surface area contributed by atoms with Gasteiger partial charge in [-0.25, -0.2) is 4.98 Å². The molecule has 4 rings (SSSR count). The SMILES string of the molecule is Cc1nc(C2NC(=O)C=CN2C(c2ccccc2)c2ccccc2)cs1. The van der Waals surface area contributed by atoms with Gasteiger partial charge in [0.15, 0.2) is 0 Å². The van der Waals surface area contributed by atoms with Crippen molar-refractivity contribution in [2.75, 3.05) is 0 Å². The first-order valence-corrected chi connectivity index (χ1v) is 9.38. The molecule has 1 unspecified atom stereocenters. The predicted octanol–water partition coefficient (Wildman–Crippen LogP) is 4.19. The van der Waals surface area contributed by atoms with E-state index in [1.165, 1.54) is 0 Å². The molecule has 1 atom stereocenters. The summed E-state index contributed by atoms with van der Waals surface area (Å²) in [6.07, 6.45) is 3.15. The zero-order valence-corrected chi connectivity index (χ0v) is 15.2. The first-order chi connectivity index (χ1) is 12.7. The number of carbonyl (C=O) groups excluding carboxylic acids is 1. The number of amides is 1. The molecule has 2 heterocycles. The third-order valence-corrected chi connectivity index (χ3v) is 5.21. The highest BCUT2D eigenvalue weighted by Crippen LogP contribution is 2.36. The van der Waals surface area contributed by atoms with Crippen LogP contribution in [0, 0.1) is 6.92 Å². The van der Waals surface area contributed by atoms with Crippen LogP contribution < -0.4 is 5.32 Å². The fraction of sp³-hybridized carbons (Fsp3) is 0.143. The summed E-state index contributed by atoms with van der Waals surface area (Å²) in [5.41, 5.74) is 3.19. The molecule has 0 aliphatic carbocycles. The lowest BCUT2D eigenvalue weighted by Crippen LogP contribution is -2.43. The van der Waals surface area contributed by atoms with Gasteiger partial charge >= 0.3 is 0 Å². The van der Waals surface area contributed by atoms with Crippen molar-refractivity contribution in [3.63, 3.8) is 0 Å². The molecule has 0 saturated carbocycles. The van der Waals surface area contributed by atoms with Gasteiger partial charge in [0, 0.05) is 17.7 Å². The van der Waals surface area contributed by atoms with Gasteiger partial charge in [0.1, 0.15) is 6.17 Å². The number of aromatic nitrogens is 1. The van der Waals surface area contributed by atoms with E-state index in [4.69, 9.17) is 0 Å². The summed E-state index contributed by atoms with van der Waals surface area (Å²) in [5, 5.41) is 6.06. The number of hydrogen-bond donors (Lipinski definition) is 1. The van der Waals surface area contributed by atoms with Crippen molar-refractivity contribution in [3.8, 4) is 0 Å². The van der Waals surface area contributed by atoms with Crippen molar-refractivity contribution >= 4 is 17.2 Å². The Kier molecular flexibility index (Phi) is 4.54. The van der Waals surface area contributed by atoms with Gasteiger partial charge in [0.2, 0.25) is 5.91 Å². The Bertz CT molecular complexity index is 881. The summed E-state index contributed by atoms with van der Waals surface area (Å²) in [6.45, 7) is 1.98. The van der Waals surface area contributed by atoms with Crippen LogP contribution in [0.15, 0.2) is 78.3 Å². The van der Waals surface area contributed by atoms with Gasteiger partial charge in [-0.2, -0.15) is 0 Å². The molecule has 1 aromatic heterocycles. The smallest absolute Gasteiger partial charge is 0.247 e. The molecular weight excluding hydrogens is 342 g/mol. The highest BCUT2D eigenvalue weighted by molar-refractivity contribution is 7.09. The standard InChI is InChI=1S/C21H19N3OS/c1-15-22-18(14-26-15)21-23-19(25)12-13-24(21)20(16-8-4-2-5-9-16)17-10-6-3-7-11-17/h2-14,20-21H,1H3,(H,23,25). The van der Waals surface area contributed by atoms with Crippen LogP contribution in [-0.4, -0.2) is 15.8 Å².